The van der Waals surface area contributed by atoms with Crippen LogP contribution in [0.3, 0.4) is 0 Å². The fourth-order valence-corrected chi connectivity index (χ4v) is 6.15. The molecule has 3 heteroatoms. The first-order valence-corrected chi connectivity index (χ1v) is 17.8. The van der Waals surface area contributed by atoms with Crippen molar-refractivity contribution < 1.29 is 32.7 Å². The van der Waals surface area contributed by atoms with Crippen molar-refractivity contribution in [2.45, 2.75) is 94.4 Å². The Hall–Kier alpha value is -2.68. The van der Waals surface area contributed by atoms with E-state index >= 15 is 0 Å². The SMILES string of the molecule is CC.CC.CC.CC.CCCCC1CC2C=CC1C2.[Y].c1ccc2c(c1)[n-]c1ccccc12.c1ccc2c(c1)[n-]c1ccccc12. The predicted molar refractivity (Wildman–Crippen MR) is 203 cm³/mol. The summed E-state index contributed by atoms with van der Waals surface area (Å²) in [5.41, 5.74) is 4.35. The van der Waals surface area contributed by atoms with Crippen LogP contribution >= 0.6 is 0 Å². The summed E-state index contributed by atoms with van der Waals surface area (Å²) in [5, 5.41) is 4.99. The van der Waals surface area contributed by atoms with Gasteiger partial charge in [0, 0.05) is 32.7 Å². The molecule has 0 spiro atoms. The van der Waals surface area contributed by atoms with Gasteiger partial charge < -0.3 is 9.97 Å². The molecule has 3 atom stereocenters. The minimum Gasteiger partial charge on any atom is -0.657 e. The molecule has 2 aliphatic carbocycles. The van der Waals surface area contributed by atoms with Crippen LogP contribution in [0.5, 0.6) is 0 Å². The third-order valence-electron chi connectivity index (χ3n) is 8.02. The Kier molecular flexibility index (Phi) is 21.2. The Morgan fingerprint density at radius 2 is 0.848 bits per heavy atom. The Balaban J connectivity index is 0.000000309. The summed E-state index contributed by atoms with van der Waals surface area (Å²) in [5.74, 6) is 3.01. The van der Waals surface area contributed by atoms with E-state index in [-0.39, 0.29) is 32.7 Å². The molecule has 1 saturated carbocycles. The van der Waals surface area contributed by atoms with Crippen molar-refractivity contribution >= 4 is 43.6 Å². The fraction of sp³-hybridized carbons (Fsp3) is 0.395. The molecule has 2 bridgehead atoms. The Bertz CT molecular complexity index is 1450. The maximum Gasteiger partial charge on any atom is 0 e. The van der Waals surface area contributed by atoms with Crippen LogP contribution in [0, 0.1) is 17.8 Å². The van der Waals surface area contributed by atoms with Gasteiger partial charge in [-0.05, 0) is 58.6 Å². The molecule has 2 nitrogen and oxygen atoms in total. The molecule has 0 saturated heterocycles. The van der Waals surface area contributed by atoms with Gasteiger partial charge >= 0.3 is 0 Å². The van der Waals surface area contributed by atoms with E-state index in [2.05, 4.69) is 102 Å². The molecule has 0 aliphatic heterocycles. The molecular formula is C43H58N2Y-2. The molecule has 3 unspecified atom stereocenters. The van der Waals surface area contributed by atoms with E-state index in [0.29, 0.717) is 0 Å². The van der Waals surface area contributed by atoms with Crippen LogP contribution in [-0.4, -0.2) is 0 Å². The molecule has 2 heterocycles. The van der Waals surface area contributed by atoms with Crippen LogP contribution in [0.15, 0.2) is 109 Å². The first-order valence-electron chi connectivity index (χ1n) is 17.8. The first kappa shape index (κ1) is 41.3. The standard InChI is InChI=1S/2C12H8N.C11H18.4C2H6.Y/c2*1-3-7-11-9(5-1)10-6-2-4-8-12(10)13-11;1-2-3-4-10-7-9-5-6-11(10)8-9;4*1-2;/h2*1-8H;5-6,9-11H,2-4,7-8H2,1H3;4*1-2H3;/q2*-1;;;;;;. The van der Waals surface area contributed by atoms with E-state index in [1.165, 1.54) is 53.6 Å². The van der Waals surface area contributed by atoms with Gasteiger partial charge in [0.25, 0.3) is 0 Å². The van der Waals surface area contributed by atoms with E-state index in [1.54, 1.807) is 0 Å². The number of para-hydroxylation sites is 4. The van der Waals surface area contributed by atoms with E-state index < -0.39 is 0 Å². The fourth-order valence-electron chi connectivity index (χ4n) is 6.15. The molecular weight excluding hydrogens is 633 g/mol. The maximum absolute atomic E-state index is 4.52. The molecule has 4 aromatic carbocycles. The van der Waals surface area contributed by atoms with Gasteiger partial charge in [-0.25, -0.2) is 0 Å². The molecule has 2 aromatic heterocycles. The summed E-state index contributed by atoms with van der Waals surface area (Å²) >= 11 is 0. The van der Waals surface area contributed by atoms with Crippen molar-refractivity contribution in [3.63, 3.8) is 0 Å². The molecule has 2 aliphatic rings. The van der Waals surface area contributed by atoms with Crippen molar-refractivity contribution in [1.29, 1.82) is 0 Å². The summed E-state index contributed by atoms with van der Waals surface area (Å²) in [6.45, 7) is 18.3. The van der Waals surface area contributed by atoms with Gasteiger partial charge in [0.2, 0.25) is 0 Å². The van der Waals surface area contributed by atoms with Crippen LogP contribution in [0.25, 0.3) is 43.6 Å². The topological polar surface area (TPSA) is 28.2 Å². The summed E-state index contributed by atoms with van der Waals surface area (Å²) in [4.78, 5) is 9.03. The summed E-state index contributed by atoms with van der Waals surface area (Å²) in [6, 6.07) is 33.0. The second kappa shape index (κ2) is 23.6. The third kappa shape index (κ3) is 11.0. The van der Waals surface area contributed by atoms with Gasteiger partial charge in [-0.15, -0.1) is 22.1 Å². The van der Waals surface area contributed by atoms with E-state index in [9.17, 15) is 0 Å². The predicted octanol–water partition coefficient (Wildman–Crippen LogP) is 13.4. The zero-order valence-corrected chi connectivity index (χ0v) is 33.0. The largest absolute Gasteiger partial charge is 0.657 e. The molecule has 46 heavy (non-hydrogen) atoms. The Morgan fingerprint density at radius 1 is 0.500 bits per heavy atom. The summed E-state index contributed by atoms with van der Waals surface area (Å²) in [7, 11) is 0. The molecule has 6 aromatic rings. The van der Waals surface area contributed by atoms with Gasteiger partial charge in [0.1, 0.15) is 0 Å². The molecule has 8 rings (SSSR count). The number of nitrogens with zero attached hydrogens (tertiary/aromatic N) is 2. The number of unbranched alkanes of at least 4 members (excludes halogenated alkanes) is 1. The average molecular weight is 692 g/mol. The Morgan fingerprint density at radius 3 is 1.13 bits per heavy atom. The number of hydrogen-bond acceptors (Lipinski definition) is 0. The molecule has 1 fully saturated rings. The summed E-state index contributed by atoms with van der Waals surface area (Å²) in [6.07, 6.45) is 12.2. The second-order valence-corrected chi connectivity index (χ2v) is 10.5. The van der Waals surface area contributed by atoms with E-state index in [1.807, 2.05) is 79.7 Å². The maximum atomic E-state index is 4.52. The minimum absolute atomic E-state index is 0. The van der Waals surface area contributed by atoms with Crippen molar-refractivity contribution in [1.82, 2.24) is 9.97 Å². The zero-order valence-electron chi connectivity index (χ0n) is 30.1. The molecule has 0 N–H and O–H groups in total. The van der Waals surface area contributed by atoms with E-state index in [4.69, 9.17) is 0 Å². The quantitative estimate of drug-likeness (QED) is 0.173. The van der Waals surface area contributed by atoms with E-state index in [0.717, 1.165) is 39.8 Å². The average Bonchev–Trinajstić information content (AvgIpc) is 3.93. The number of benzene rings is 4. The van der Waals surface area contributed by atoms with Crippen LogP contribution in [0.1, 0.15) is 94.4 Å². The molecule has 1 radical (unpaired) electrons. The molecule has 245 valence electrons. The van der Waals surface area contributed by atoms with Crippen molar-refractivity contribution in [3.8, 4) is 0 Å². The van der Waals surface area contributed by atoms with Crippen molar-refractivity contribution in [3.05, 3.63) is 109 Å². The third-order valence-corrected chi connectivity index (χ3v) is 8.02. The second-order valence-electron chi connectivity index (χ2n) is 10.5. The van der Waals surface area contributed by atoms with Gasteiger partial charge in [-0.2, -0.15) is 0 Å². The number of allylic oxidation sites excluding steroid dienone is 2. The Labute approximate surface area is 305 Å². The van der Waals surface area contributed by atoms with Gasteiger partial charge in [0.15, 0.2) is 0 Å². The summed E-state index contributed by atoms with van der Waals surface area (Å²) < 4.78 is 0. The number of rotatable bonds is 3. The van der Waals surface area contributed by atoms with Crippen LogP contribution in [0.4, 0.5) is 0 Å². The van der Waals surface area contributed by atoms with Crippen molar-refractivity contribution in [2.24, 2.45) is 17.8 Å². The number of hydrogen-bond donors (Lipinski definition) is 0. The zero-order chi connectivity index (χ0) is 33.0. The van der Waals surface area contributed by atoms with Gasteiger partial charge in [-0.1, -0.05) is 184 Å². The van der Waals surface area contributed by atoms with Crippen LogP contribution in [0.2, 0.25) is 0 Å². The number of fused-ring (bicyclic) bond motifs is 8. The smallest absolute Gasteiger partial charge is 0 e. The van der Waals surface area contributed by atoms with Gasteiger partial charge in [0.05, 0.1) is 0 Å². The van der Waals surface area contributed by atoms with Crippen LogP contribution in [-0.2, 0) is 32.7 Å². The number of aromatic nitrogens is 2. The molecule has 0 amide bonds. The van der Waals surface area contributed by atoms with Crippen LogP contribution < -0.4 is 9.97 Å². The van der Waals surface area contributed by atoms with Gasteiger partial charge in [-0.3, -0.25) is 0 Å². The first-order chi connectivity index (χ1) is 22.3. The normalized spacial score (nSPS) is 16.4. The van der Waals surface area contributed by atoms with Crippen molar-refractivity contribution in [2.75, 3.05) is 0 Å². The minimum atomic E-state index is 0. The monoisotopic (exact) mass is 691 g/mol.